The number of aromatic nitrogens is 1. The quantitative estimate of drug-likeness (QED) is 0.0774. The summed E-state index contributed by atoms with van der Waals surface area (Å²) in [5, 5.41) is 8.65. The average molecular weight is 699 g/mol. The van der Waals surface area contributed by atoms with Crippen molar-refractivity contribution in [2.24, 2.45) is 4.99 Å². The van der Waals surface area contributed by atoms with Crippen LogP contribution < -0.4 is 20.6 Å². The molecule has 0 aromatic heterocycles. The number of nitrogens with one attached hydrogen (secondary N) is 2. The van der Waals surface area contributed by atoms with E-state index in [-0.39, 0.29) is 0 Å². The summed E-state index contributed by atoms with van der Waals surface area (Å²) in [5.41, 5.74) is 13.1. The lowest BCUT2D eigenvalue weighted by atomic mass is 10.1. The Labute approximate surface area is 305 Å². The third-order valence-electron chi connectivity index (χ3n) is 9.80. The maximum atomic E-state index is 5.07. The first-order chi connectivity index (χ1) is 24.3. The fraction of sp³-hybridized carbons (Fsp3) is 0.326. The highest BCUT2D eigenvalue weighted by molar-refractivity contribution is 8.04. The summed E-state index contributed by atoms with van der Waals surface area (Å²) in [6, 6.07) is 24.1. The molecule has 0 saturated heterocycles. The number of benzene rings is 4. The largest absolute Gasteiger partial charge is 0.385 e. The molecule has 2 aliphatic carbocycles. The van der Waals surface area contributed by atoms with E-state index in [1.54, 1.807) is 0 Å². The number of para-hydroxylation sites is 1. The van der Waals surface area contributed by atoms with Gasteiger partial charge in [0.2, 0.25) is 11.0 Å². The van der Waals surface area contributed by atoms with Gasteiger partial charge in [-0.05, 0) is 94.5 Å². The molecule has 4 aliphatic rings. The van der Waals surface area contributed by atoms with Crippen LogP contribution in [0.1, 0.15) is 68.6 Å². The van der Waals surface area contributed by atoms with Gasteiger partial charge in [-0.15, -0.1) is 11.3 Å². The van der Waals surface area contributed by atoms with E-state index in [0.717, 1.165) is 42.1 Å². The Morgan fingerprint density at radius 3 is 2.22 bits per heavy atom. The van der Waals surface area contributed by atoms with Crippen molar-refractivity contribution in [1.82, 2.24) is 9.56 Å². The topological polar surface area (TPSA) is 52.3 Å². The molecule has 2 heterocycles. The molecule has 0 unspecified atom stereocenters. The molecule has 0 spiro atoms. The predicted molar refractivity (Wildman–Crippen MR) is 218 cm³/mol. The number of hydrogen-bond acceptors (Lipinski definition) is 6. The third-order valence-corrected chi connectivity index (χ3v) is 12.0. The molecular formula is C43H48N5S2+. The smallest absolute Gasteiger partial charge is 0.209 e. The van der Waals surface area contributed by atoms with Crippen LogP contribution in [0.15, 0.2) is 99.2 Å². The lowest BCUT2D eigenvalue weighted by Gasteiger charge is -2.21. The van der Waals surface area contributed by atoms with Gasteiger partial charge in [-0.2, -0.15) is 4.58 Å². The molecule has 3 aromatic rings. The molecule has 7 heteroatoms. The zero-order valence-electron chi connectivity index (χ0n) is 30.0. The van der Waals surface area contributed by atoms with Crippen molar-refractivity contribution in [1.29, 1.82) is 0 Å². The van der Waals surface area contributed by atoms with E-state index in [2.05, 4.69) is 129 Å². The number of thioether (sulfide) groups is 1. The number of fused-ring (bicyclic) bond motifs is 4. The number of hydrogen-bond donors (Lipinski definition) is 2. The average Bonchev–Trinajstić information content (AvgIpc) is 3.11. The van der Waals surface area contributed by atoms with Gasteiger partial charge in [-0.25, -0.2) is 9.98 Å². The summed E-state index contributed by atoms with van der Waals surface area (Å²) in [4.78, 5) is 13.8. The van der Waals surface area contributed by atoms with Crippen molar-refractivity contribution in [3.63, 3.8) is 0 Å². The number of unbranched alkanes of at least 4 members (excludes halogenated alkanes) is 5. The summed E-state index contributed by atoms with van der Waals surface area (Å²) in [5.74, 6) is 0. The zero-order chi connectivity index (χ0) is 34.6. The molecule has 2 N–H and O–H groups in total. The number of aliphatic imine (C=N–C) groups is 1. The molecule has 0 radical (unpaired) electrons. The van der Waals surface area contributed by atoms with Gasteiger partial charge in [0.25, 0.3) is 0 Å². The van der Waals surface area contributed by atoms with Crippen LogP contribution in [0.25, 0.3) is 20.8 Å². The molecule has 0 fully saturated rings. The highest BCUT2D eigenvalue weighted by Gasteiger charge is 2.20. The molecule has 0 atom stereocenters. The van der Waals surface area contributed by atoms with Crippen LogP contribution in [-0.4, -0.2) is 30.8 Å². The highest BCUT2D eigenvalue weighted by atomic mass is 32.2. The van der Waals surface area contributed by atoms with Gasteiger partial charge in [0.1, 0.15) is 7.05 Å². The summed E-state index contributed by atoms with van der Waals surface area (Å²) in [7, 11) is 2.14. The van der Waals surface area contributed by atoms with Crippen molar-refractivity contribution in [2.45, 2.75) is 77.5 Å². The van der Waals surface area contributed by atoms with Gasteiger partial charge in [-0.3, -0.25) is 0 Å². The zero-order valence-corrected chi connectivity index (χ0v) is 31.7. The molecule has 0 saturated carbocycles. The molecule has 7 rings (SSSR count). The fourth-order valence-corrected chi connectivity index (χ4v) is 8.85. The Bertz CT molecular complexity index is 2170. The Morgan fingerprint density at radius 2 is 1.46 bits per heavy atom. The first-order valence-corrected chi connectivity index (χ1v) is 19.7. The van der Waals surface area contributed by atoms with Crippen LogP contribution in [0.5, 0.6) is 0 Å². The van der Waals surface area contributed by atoms with Crippen LogP contribution >= 0.6 is 23.1 Å². The van der Waals surface area contributed by atoms with Crippen molar-refractivity contribution in [2.75, 3.05) is 30.8 Å². The first-order valence-electron chi connectivity index (χ1n) is 18.1. The number of allylic oxidation sites excluding steroid dienone is 4. The second-order valence-electron chi connectivity index (χ2n) is 13.8. The summed E-state index contributed by atoms with van der Waals surface area (Å²) < 4.78 is 3.48. The standard InChI is InChI=1S/C43H47N5S2/c1-28-17-18-40-35(21-28)46-36-22-29(2)33(25-41(36)49-40)44-19-13-8-6-7-9-14-20-45-34-26-42-37(23-30(34)3)47-38-24-31(4)39(27-43(38)50-42)48(5)32-15-11-10-12-16-32/h10-12,15-16,18,21-27,44H,6-9,13-14,17,19-20H2,1-5H3/p+1. The van der Waals surface area contributed by atoms with E-state index < -0.39 is 0 Å². The lowest BCUT2D eigenvalue weighted by Crippen LogP contribution is -2.24. The lowest BCUT2D eigenvalue weighted by molar-refractivity contribution is 0.610. The van der Waals surface area contributed by atoms with Crippen molar-refractivity contribution in [3.05, 3.63) is 111 Å². The summed E-state index contributed by atoms with van der Waals surface area (Å²) in [6.07, 6.45) is 13.1. The second kappa shape index (κ2) is 15.4. The maximum Gasteiger partial charge on any atom is 0.209 e. The van der Waals surface area contributed by atoms with E-state index in [4.69, 9.17) is 9.98 Å². The van der Waals surface area contributed by atoms with Gasteiger partial charge in [-0.1, -0.05) is 67.3 Å². The van der Waals surface area contributed by atoms with Crippen molar-refractivity contribution in [3.8, 4) is 10.6 Å². The van der Waals surface area contributed by atoms with Gasteiger partial charge in [0, 0.05) is 58.0 Å². The SMILES string of the molecule is CC1=CC2=Nc3cc(C)c(NCCCCCCCCNc4cc5sc6cc(=[N+](C)c7ccccc7)c(C)cc-6nc5cc4C)cc3SC2=CC1. The predicted octanol–water partition coefficient (Wildman–Crippen LogP) is 11.3. The van der Waals surface area contributed by atoms with Crippen LogP contribution in [0.4, 0.5) is 22.7 Å². The summed E-state index contributed by atoms with van der Waals surface area (Å²) in [6.45, 7) is 10.8. The Morgan fingerprint density at radius 1 is 0.760 bits per heavy atom. The number of nitrogens with zero attached hydrogens (tertiary/aromatic N) is 3. The minimum Gasteiger partial charge on any atom is -0.385 e. The Kier molecular flexibility index (Phi) is 10.5. The molecule has 50 heavy (non-hydrogen) atoms. The Hall–Kier alpha value is -4.20. The third kappa shape index (κ3) is 7.74. The normalized spacial score (nSPS) is 14.5. The van der Waals surface area contributed by atoms with Crippen molar-refractivity contribution < 1.29 is 0 Å². The van der Waals surface area contributed by atoms with Gasteiger partial charge in [0.15, 0.2) is 0 Å². The van der Waals surface area contributed by atoms with Crippen LogP contribution in [0, 0.1) is 20.8 Å². The van der Waals surface area contributed by atoms with Gasteiger partial charge < -0.3 is 10.6 Å². The maximum absolute atomic E-state index is 5.07. The molecule has 0 bridgehead atoms. The molecule has 0 amide bonds. The highest BCUT2D eigenvalue weighted by Crippen LogP contribution is 2.44. The van der Waals surface area contributed by atoms with Crippen LogP contribution in [0.2, 0.25) is 0 Å². The van der Waals surface area contributed by atoms with Gasteiger partial charge >= 0.3 is 0 Å². The van der Waals surface area contributed by atoms with E-state index in [0.29, 0.717) is 0 Å². The van der Waals surface area contributed by atoms with Crippen molar-refractivity contribution >= 4 is 61.8 Å². The molecule has 2 aliphatic heterocycles. The van der Waals surface area contributed by atoms with E-state index in [1.165, 1.54) is 103 Å². The minimum atomic E-state index is 0.999. The second-order valence-corrected chi connectivity index (χ2v) is 16.0. The van der Waals surface area contributed by atoms with E-state index in [1.807, 2.05) is 23.1 Å². The Balaban J connectivity index is 0.870. The first kappa shape index (κ1) is 34.3. The van der Waals surface area contributed by atoms with Crippen LogP contribution in [0.3, 0.4) is 0 Å². The minimum absolute atomic E-state index is 0.999. The summed E-state index contributed by atoms with van der Waals surface area (Å²) >= 11 is 3.69. The molecular weight excluding hydrogens is 651 g/mol. The van der Waals surface area contributed by atoms with E-state index in [9.17, 15) is 0 Å². The fourth-order valence-electron chi connectivity index (χ4n) is 6.85. The number of anilines is 2. The molecule has 3 aromatic carbocycles. The van der Waals surface area contributed by atoms with Crippen LogP contribution in [-0.2, 0) is 0 Å². The molecule has 256 valence electrons. The molecule has 5 nitrogen and oxygen atoms in total. The monoisotopic (exact) mass is 698 g/mol. The van der Waals surface area contributed by atoms with E-state index >= 15 is 0 Å². The number of rotatable bonds is 12. The number of aryl methyl sites for hydroxylation is 3. The van der Waals surface area contributed by atoms with Gasteiger partial charge in [0.05, 0.1) is 32.2 Å².